The van der Waals surface area contributed by atoms with E-state index in [9.17, 15) is 13.8 Å². The number of carbonyl (C=O) groups excluding carboxylic acids is 2. The van der Waals surface area contributed by atoms with E-state index in [4.69, 9.17) is 5.73 Å². The maximum atomic E-state index is 11.0. The van der Waals surface area contributed by atoms with Crippen molar-refractivity contribution in [1.82, 2.24) is 10.6 Å². The van der Waals surface area contributed by atoms with Gasteiger partial charge >= 0.3 is 6.03 Å². The van der Waals surface area contributed by atoms with E-state index in [1.807, 2.05) is 12.2 Å². The Morgan fingerprint density at radius 3 is 2.53 bits per heavy atom. The summed E-state index contributed by atoms with van der Waals surface area (Å²) in [5.41, 5.74) is 4.76. The third-order valence-corrected chi connectivity index (χ3v) is 2.52. The molecule has 3 amide bonds. The Morgan fingerprint density at radius 2 is 2.07 bits per heavy atom. The van der Waals surface area contributed by atoms with E-state index in [1.54, 1.807) is 6.26 Å². The predicted molar refractivity (Wildman–Crippen MR) is 58.7 cm³/mol. The molecule has 0 aliphatic carbocycles. The maximum Gasteiger partial charge on any atom is 0.318 e. The van der Waals surface area contributed by atoms with Crippen molar-refractivity contribution in [2.45, 2.75) is 19.4 Å². The summed E-state index contributed by atoms with van der Waals surface area (Å²) in [7, 11) is -0.824. The van der Waals surface area contributed by atoms with Crippen LogP contribution in [-0.2, 0) is 15.6 Å². The molecule has 4 N–H and O–H groups in total. The Bertz CT molecular complexity index is 258. The molecule has 0 spiro atoms. The molecule has 15 heavy (non-hydrogen) atoms. The Morgan fingerprint density at radius 1 is 1.47 bits per heavy atom. The fourth-order valence-electron chi connectivity index (χ4n) is 0.893. The first kappa shape index (κ1) is 14.1. The number of nitrogens with two attached hydrogens (primary N) is 1. The zero-order valence-electron chi connectivity index (χ0n) is 8.91. The second kappa shape index (κ2) is 7.36. The van der Waals surface area contributed by atoms with Gasteiger partial charge in [0.25, 0.3) is 0 Å². The number of hydrogen-bond acceptors (Lipinski definition) is 4. The molecule has 0 aromatic rings. The van der Waals surface area contributed by atoms with Crippen LogP contribution in [0, 0.1) is 0 Å². The number of imide groups is 1. The minimum absolute atomic E-state index is 0.0282. The summed E-state index contributed by atoms with van der Waals surface area (Å²) in [6.45, 7) is 1.91. The molecule has 0 aromatic carbocycles. The molecule has 0 saturated heterocycles. The van der Waals surface area contributed by atoms with Gasteiger partial charge < -0.3 is 11.1 Å². The van der Waals surface area contributed by atoms with Gasteiger partial charge in [-0.05, 0) is 13.3 Å². The fraction of sp³-hybridized carbons (Fsp3) is 0.750. The average Bonchev–Trinajstić information content (AvgIpc) is 2.10. The van der Waals surface area contributed by atoms with Crippen molar-refractivity contribution in [2.75, 3.05) is 18.6 Å². The van der Waals surface area contributed by atoms with Crippen LogP contribution < -0.4 is 16.4 Å². The number of rotatable bonds is 6. The third kappa shape index (κ3) is 9.36. The Labute approximate surface area is 91.4 Å². The third-order valence-electron chi connectivity index (χ3n) is 1.71. The topological polar surface area (TPSA) is 101 Å². The first-order valence-electron chi connectivity index (χ1n) is 4.54. The van der Waals surface area contributed by atoms with Crippen LogP contribution >= 0.6 is 0 Å². The molecule has 0 aliphatic rings. The molecule has 6 nitrogen and oxygen atoms in total. The van der Waals surface area contributed by atoms with Crippen molar-refractivity contribution in [1.29, 1.82) is 0 Å². The molecule has 0 saturated carbocycles. The van der Waals surface area contributed by atoms with E-state index < -0.39 is 22.7 Å². The lowest BCUT2D eigenvalue weighted by atomic mass is 10.2. The molecule has 0 radical (unpaired) electrons. The minimum Gasteiger partial charge on any atom is -0.351 e. The molecule has 2 unspecified atom stereocenters. The highest BCUT2D eigenvalue weighted by Gasteiger charge is 2.07. The lowest BCUT2D eigenvalue weighted by Gasteiger charge is -2.11. The van der Waals surface area contributed by atoms with Crippen LogP contribution in [0.2, 0.25) is 0 Å². The lowest BCUT2D eigenvalue weighted by molar-refractivity contribution is -0.119. The number of primary amides is 1. The summed E-state index contributed by atoms with van der Waals surface area (Å²) in [5.74, 6) is 0.123. The summed E-state index contributed by atoms with van der Waals surface area (Å²) in [4.78, 5) is 21.3. The lowest BCUT2D eigenvalue weighted by Crippen LogP contribution is -2.42. The molecule has 0 aliphatic heterocycles. The zero-order valence-corrected chi connectivity index (χ0v) is 9.73. The standard InChI is InChI=1S/C8H17N3O3S/c1-6(3-4-15(2)14)10-5-7(12)11-8(9)13/h6,10H,3-5H2,1-2H3,(H3,9,11,12,13). The van der Waals surface area contributed by atoms with Crippen molar-refractivity contribution in [3.63, 3.8) is 0 Å². The van der Waals surface area contributed by atoms with Crippen molar-refractivity contribution in [2.24, 2.45) is 5.73 Å². The van der Waals surface area contributed by atoms with E-state index in [-0.39, 0.29) is 12.6 Å². The van der Waals surface area contributed by atoms with E-state index in [2.05, 4.69) is 5.32 Å². The highest BCUT2D eigenvalue weighted by molar-refractivity contribution is 7.84. The molecule has 88 valence electrons. The first-order valence-corrected chi connectivity index (χ1v) is 6.27. The van der Waals surface area contributed by atoms with Crippen LogP contribution in [0.3, 0.4) is 0 Å². The summed E-state index contributed by atoms with van der Waals surface area (Å²) in [5, 5.41) is 4.83. The Kier molecular flexibility index (Phi) is 6.89. The number of nitrogens with one attached hydrogen (secondary N) is 2. The molecule has 0 bridgehead atoms. The second-order valence-electron chi connectivity index (χ2n) is 3.26. The molecule has 0 rings (SSSR count). The minimum atomic E-state index is -0.857. The summed E-state index contributed by atoms with van der Waals surface area (Å²) in [6, 6.07) is -0.781. The van der Waals surface area contributed by atoms with E-state index in [1.165, 1.54) is 0 Å². The number of carbonyl (C=O) groups is 2. The molecular weight excluding hydrogens is 218 g/mol. The quantitative estimate of drug-likeness (QED) is 0.545. The summed E-state index contributed by atoms with van der Waals surface area (Å²) >= 11 is 0. The van der Waals surface area contributed by atoms with Crippen molar-refractivity contribution in [3.8, 4) is 0 Å². The second-order valence-corrected chi connectivity index (χ2v) is 4.82. The van der Waals surface area contributed by atoms with Crippen LogP contribution in [0.25, 0.3) is 0 Å². The molecule has 0 aromatic heterocycles. The fourth-order valence-corrected chi connectivity index (χ4v) is 1.58. The van der Waals surface area contributed by atoms with E-state index in [0.29, 0.717) is 12.2 Å². The Hall–Kier alpha value is -0.950. The van der Waals surface area contributed by atoms with Gasteiger partial charge in [0.05, 0.1) is 6.54 Å². The molecular formula is C8H17N3O3S. The van der Waals surface area contributed by atoms with Gasteiger partial charge in [0.2, 0.25) is 5.91 Å². The van der Waals surface area contributed by atoms with Crippen LogP contribution in [0.1, 0.15) is 13.3 Å². The number of amides is 3. The molecule has 0 heterocycles. The van der Waals surface area contributed by atoms with Crippen LogP contribution in [0.4, 0.5) is 4.79 Å². The van der Waals surface area contributed by atoms with Gasteiger partial charge in [-0.1, -0.05) is 0 Å². The van der Waals surface area contributed by atoms with Gasteiger partial charge in [0.1, 0.15) is 0 Å². The highest BCUT2D eigenvalue weighted by atomic mass is 32.2. The highest BCUT2D eigenvalue weighted by Crippen LogP contribution is 1.91. The van der Waals surface area contributed by atoms with Gasteiger partial charge in [-0.15, -0.1) is 0 Å². The van der Waals surface area contributed by atoms with Crippen LogP contribution in [0.15, 0.2) is 0 Å². The van der Waals surface area contributed by atoms with Gasteiger partial charge in [-0.2, -0.15) is 0 Å². The largest absolute Gasteiger partial charge is 0.351 e. The average molecular weight is 235 g/mol. The maximum absolute atomic E-state index is 11.0. The van der Waals surface area contributed by atoms with Crippen molar-refractivity contribution < 1.29 is 13.8 Å². The summed E-state index contributed by atoms with van der Waals surface area (Å²) < 4.78 is 10.8. The van der Waals surface area contributed by atoms with Gasteiger partial charge in [0, 0.05) is 28.9 Å². The molecule has 2 atom stereocenters. The van der Waals surface area contributed by atoms with E-state index >= 15 is 0 Å². The Balaban J connectivity index is 3.61. The normalized spacial score (nSPS) is 14.3. The van der Waals surface area contributed by atoms with Gasteiger partial charge in [-0.3, -0.25) is 14.3 Å². The van der Waals surface area contributed by atoms with Crippen LogP contribution in [-0.4, -0.2) is 40.7 Å². The zero-order chi connectivity index (χ0) is 11.8. The summed E-state index contributed by atoms with van der Waals surface area (Å²) in [6.07, 6.45) is 2.35. The molecule has 0 fully saturated rings. The van der Waals surface area contributed by atoms with E-state index in [0.717, 1.165) is 0 Å². The number of hydrogen-bond donors (Lipinski definition) is 3. The van der Waals surface area contributed by atoms with Crippen molar-refractivity contribution in [3.05, 3.63) is 0 Å². The smallest absolute Gasteiger partial charge is 0.318 e. The van der Waals surface area contributed by atoms with Gasteiger partial charge in [-0.25, -0.2) is 4.79 Å². The molecule has 7 heteroatoms. The van der Waals surface area contributed by atoms with Crippen LogP contribution in [0.5, 0.6) is 0 Å². The van der Waals surface area contributed by atoms with Gasteiger partial charge in [0.15, 0.2) is 0 Å². The predicted octanol–water partition coefficient (Wildman–Crippen LogP) is -1.07. The van der Waals surface area contributed by atoms with Crippen molar-refractivity contribution >= 4 is 22.7 Å². The number of urea groups is 1. The monoisotopic (exact) mass is 235 g/mol. The first-order chi connectivity index (χ1) is 6.91. The SMILES string of the molecule is CC(CCS(C)=O)NCC(=O)NC(N)=O.